The van der Waals surface area contributed by atoms with Gasteiger partial charge in [-0.2, -0.15) is 4.31 Å². The Balaban J connectivity index is 1.50. The van der Waals surface area contributed by atoms with Crippen LogP contribution in [0.4, 0.5) is 5.69 Å². The van der Waals surface area contributed by atoms with E-state index in [0.717, 1.165) is 28.9 Å². The van der Waals surface area contributed by atoms with Gasteiger partial charge in [0.25, 0.3) is 5.69 Å². The Labute approximate surface area is 186 Å². The summed E-state index contributed by atoms with van der Waals surface area (Å²) in [6, 6.07) is 3.94. The van der Waals surface area contributed by atoms with Crippen molar-refractivity contribution in [3.8, 4) is 0 Å². The van der Waals surface area contributed by atoms with Gasteiger partial charge in [0.2, 0.25) is 10.0 Å². The van der Waals surface area contributed by atoms with Gasteiger partial charge >= 0.3 is 0 Å². The van der Waals surface area contributed by atoms with Crippen LogP contribution in [0.15, 0.2) is 40.0 Å². The molecule has 0 spiro atoms. The van der Waals surface area contributed by atoms with E-state index < -0.39 is 14.9 Å². The number of non-ortho nitro benzene ring substituents is 1. The number of piperidine rings is 1. The van der Waals surface area contributed by atoms with Crippen LogP contribution in [-0.2, 0) is 16.6 Å². The van der Waals surface area contributed by atoms with Gasteiger partial charge < -0.3 is 9.09 Å². The van der Waals surface area contributed by atoms with Gasteiger partial charge in [0.15, 0.2) is 0 Å². The van der Waals surface area contributed by atoms with Crippen molar-refractivity contribution in [2.75, 3.05) is 13.1 Å². The Kier molecular flexibility index (Phi) is 5.87. The molecule has 0 saturated carbocycles. The van der Waals surface area contributed by atoms with Crippen molar-refractivity contribution < 1.29 is 17.9 Å². The van der Waals surface area contributed by atoms with Gasteiger partial charge in [0.1, 0.15) is 11.6 Å². The van der Waals surface area contributed by atoms with Crippen LogP contribution < -0.4 is 0 Å². The molecule has 0 bridgehead atoms. The molecular weight excluding hydrogens is 434 g/mol. The fraction of sp³-hybridized carbons (Fsp3) is 0.429. The summed E-state index contributed by atoms with van der Waals surface area (Å²) >= 11 is 0. The second kappa shape index (κ2) is 8.47. The summed E-state index contributed by atoms with van der Waals surface area (Å²) in [6.07, 6.45) is 4.90. The lowest BCUT2D eigenvalue weighted by atomic mass is 9.97. The van der Waals surface area contributed by atoms with Crippen molar-refractivity contribution in [2.45, 2.75) is 51.0 Å². The number of rotatable bonds is 6. The van der Waals surface area contributed by atoms with Crippen LogP contribution >= 0.6 is 0 Å². The Bertz CT molecular complexity index is 1240. The first-order chi connectivity index (χ1) is 15.2. The molecule has 3 aromatic rings. The van der Waals surface area contributed by atoms with Crippen molar-refractivity contribution in [3.63, 3.8) is 0 Å². The van der Waals surface area contributed by atoms with Crippen LogP contribution in [0.1, 0.15) is 47.2 Å². The van der Waals surface area contributed by atoms with E-state index in [2.05, 4.69) is 14.7 Å². The van der Waals surface area contributed by atoms with Crippen LogP contribution in [0.2, 0.25) is 0 Å². The first kappa shape index (κ1) is 22.2. The molecule has 0 N–H and O–H groups in total. The lowest BCUT2D eigenvalue weighted by Crippen LogP contribution is -2.38. The summed E-state index contributed by atoms with van der Waals surface area (Å²) in [5, 5.41) is 15.1. The Hall–Kier alpha value is -3.05. The molecule has 0 amide bonds. The Morgan fingerprint density at radius 3 is 2.56 bits per heavy atom. The maximum absolute atomic E-state index is 13.2. The van der Waals surface area contributed by atoms with Crippen molar-refractivity contribution >= 4 is 15.7 Å². The highest BCUT2D eigenvalue weighted by Crippen LogP contribution is 2.32. The molecule has 1 aliphatic rings. The summed E-state index contributed by atoms with van der Waals surface area (Å²) in [7, 11) is -3.82. The van der Waals surface area contributed by atoms with E-state index in [1.807, 2.05) is 20.0 Å². The number of nitro benzene ring substituents is 1. The van der Waals surface area contributed by atoms with Crippen molar-refractivity contribution in [2.24, 2.45) is 0 Å². The van der Waals surface area contributed by atoms with Crippen LogP contribution in [0.3, 0.4) is 0 Å². The molecule has 2 aromatic heterocycles. The second-order valence-electron chi connectivity index (χ2n) is 8.10. The summed E-state index contributed by atoms with van der Waals surface area (Å²) in [6.45, 7) is 6.68. The van der Waals surface area contributed by atoms with Gasteiger partial charge in [-0.3, -0.25) is 10.1 Å². The first-order valence-electron chi connectivity index (χ1n) is 10.4. The fourth-order valence-electron chi connectivity index (χ4n) is 4.19. The van der Waals surface area contributed by atoms with Crippen molar-refractivity contribution in [1.29, 1.82) is 0 Å². The molecule has 4 rings (SSSR count). The topological polar surface area (TPSA) is 124 Å². The van der Waals surface area contributed by atoms with Crippen molar-refractivity contribution in [1.82, 2.24) is 19.0 Å². The Morgan fingerprint density at radius 2 is 1.94 bits per heavy atom. The summed E-state index contributed by atoms with van der Waals surface area (Å²) in [5.41, 5.74) is 2.12. The van der Waals surface area contributed by atoms with Crippen LogP contribution in [0.25, 0.3) is 0 Å². The van der Waals surface area contributed by atoms with E-state index >= 15 is 0 Å². The van der Waals surface area contributed by atoms with Crippen LogP contribution in [0, 0.1) is 30.9 Å². The number of nitrogens with zero attached hydrogens (tertiary/aromatic N) is 5. The minimum absolute atomic E-state index is 0.00921. The first-order valence-corrected chi connectivity index (χ1v) is 11.8. The zero-order chi connectivity index (χ0) is 23.0. The third-order valence-corrected chi connectivity index (χ3v) is 8.12. The molecule has 0 radical (unpaired) electrons. The van der Waals surface area contributed by atoms with Gasteiger partial charge in [-0.05, 0) is 39.2 Å². The number of imidazole rings is 1. The molecule has 1 aliphatic heterocycles. The zero-order valence-electron chi connectivity index (χ0n) is 18.2. The molecule has 0 aliphatic carbocycles. The third kappa shape index (κ3) is 4.05. The van der Waals surface area contributed by atoms with Gasteiger partial charge in [-0.1, -0.05) is 11.2 Å². The van der Waals surface area contributed by atoms with E-state index in [-0.39, 0.29) is 16.5 Å². The number of aromatic nitrogens is 3. The summed E-state index contributed by atoms with van der Waals surface area (Å²) < 4.78 is 35.1. The average molecular weight is 460 g/mol. The highest BCUT2D eigenvalue weighted by molar-refractivity contribution is 7.89. The maximum Gasteiger partial charge on any atom is 0.270 e. The molecule has 0 atom stereocenters. The van der Waals surface area contributed by atoms with Crippen LogP contribution in [-0.4, -0.2) is 45.4 Å². The molecule has 170 valence electrons. The van der Waals surface area contributed by atoms with E-state index in [4.69, 9.17) is 4.52 Å². The Morgan fingerprint density at radius 1 is 1.22 bits per heavy atom. The van der Waals surface area contributed by atoms with E-state index in [1.54, 1.807) is 13.1 Å². The minimum Gasteiger partial charge on any atom is -0.361 e. The fourth-order valence-corrected chi connectivity index (χ4v) is 5.90. The number of aryl methyl sites for hydroxylation is 3. The average Bonchev–Trinajstić information content (AvgIpc) is 3.36. The molecule has 3 heterocycles. The zero-order valence-corrected chi connectivity index (χ0v) is 19.0. The molecule has 0 unspecified atom stereocenters. The smallest absolute Gasteiger partial charge is 0.270 e. The standard InChI is InChI=1S/C21H25N5O5S/c1-14-4-5-18(26(27)28)12-20(14)32(29,30)25-9-6-17(7-10-25)21-22-8-11-24(21)13-19-15(2)23-31-16(19)3/h4-5,8,11-12,17H,6-7,9-10,13H2,1-3H3. The molecule has 1 fully saturated rings. The molecule has 10 nitrogen and oxygen atoms in total. The maximum atomic E-state index is 13.2. The predicted octanol–water partition coefficient (Wildman–Crippen LogP) is 3.32. The van der Waals surface area contributed by atoms with Gasteiger partial charge in [0.05, 0.1) is 22.1 Å². The molecular formula is C21H25N5O5S. The van der Waals surface area contributed by atoms with Crippen LogP contribution in [0.5, 0.6) is 0 Å². The van der Waals surface area contributed by atoms with Gasteiger partial charge in [-0.25, -0.2) is 13.4 Å². The molecule has 32 heavy (non-hydrogen) atoms. The molecule has 11 heteroatoms. The predicted molar refractivity (Wildman–Crippen MR) is 116 cm³/mol. The monoisotopic (exact) mass is 459 g/mol. The lowest BCUT2D eigenvalue weighted by Gasteiger charge is -2.31. The number of benzene rings is 1. The van der Waals surface area contributed by atoms with Crippen molar-refractivity contribution in [3.05, 3.63) is 69.1 Å². The highest BCUT2D eigenvalue weighted by atomic mass is 32.2. The summed E-state index contributed by atoms with van der Waals surface area (Å²) in [5.74, 6) is 1.80. The van der Waals surface area contributed by atoms with E-state index in [9.17, 15) is 18.5 Å². The second-order valence-corrected chi connectivity index (χ2v) is 10.0. The SMILES string of the molecule is Cc1ccc([N+](=O)[O-])cc1S(=O)(=O)N1CCC(c2nccn2Cc2c(C)noc2C)CC1. The molecule has 1 aromatic carbocycles. The lowest BCUT2D eigenvalue weighted by molar-refractivity contribution is -0.385. The minimum atomic E-state index is -3.82. The third-order valence-electron chi connectivity index (χ3n) is 6.08. The number of sulfonamides is 1. The molecule has 1 saturated heterocycles. The van der Waals surface area contributed by atoms with E-state index in [0.29, 0.717) is 38.0 Å². The summed E-state index contributed by atoms with van der Waals surface area (Å²) in [4.78, 5) is 15.1. The quantitative estimate of drug-likeness (QED) is 0.409. The van der Waals surface area contributed by atoms with Gasteiger partial charge in [-0.15, -0.1) is 0 Å². The number of hydrogen-bond acceptors (Lipinski definition) is 7. The number of hydrogen-bond donors (Lipinski definition) is 0. The highest BCUT2D eigenvalue weighted by Gasteiger charge is 2.33. The largest absolute Gasteiger partial charge is 0.361 e. The normalized spacial score (nSPS) is 15.8. The van der Waals surface area contributed by atoms with E-state index in [1.165, 1.54) is 16.4 Å². The van der Waals surface area contributed by atoms with Gasteiger partial charge in [0, 0.05) is 49.1 Å². The number of nitro groups is 1.